The molecule has 0 spiro atoms. The van der Waals surface area contributed by atoms with Gasteiger partial charge in [-0.25, -0.2) is 0 Å². The zero-order valence-corrected chi connectivity index (χ0v) is 8.97. The zero-order valence-electron chi connectivity index (χ0n) is 8.16. The van der Waals surface area contributed by atoms with Gasteiger partial charge in [-0.05, 0) is 25.3 Å². The molecule has 0 aromatic heterocycles. The van der Waals surface area contributed by atoms with E-state index in [1.54, 1.807) is 30.1 Å². The van der Waals surface area contributed by atoms with Crippen molar-refractivity contribution in [2.75, 3.05) is 6.26 Å². The van der Waals surface area contributed by atoms with E-state index in [0.29, 0.717) is 0 Å². The van der Waals surface area contributed by atoms with Crippen LogP contribution in [0.1, 0.15) is 6.92 Å². The molecular weight excluding hydrogens is 178 g/mol. The Labute approximate surface area is 84.6 Å². The van der Waals surface area contributed by atoms with Gasteiger partial charge in [0.05, 0.1) is 5.70 Å². The Hall–Kier alpha value is -1.02. The summed E-state index contributed by atoms with van der Waals surface area (Å²) in [7, 11) is 0. The van der Waals surface area contributed by atoms with Gasteiger partial charge in [-0.1, -0.05) is 25.3 Å². The van der Waals surface area contributed by atoms with Crippen LogP contribution in [0, 0.1) is 0 Å². The van der Waals surface area contributed by atoms with Crippen molar-refractivity contribution in [3.63, 3.8) is 0 Å². The van der Waals surface area contributed by atoms with Crippen LogP contribution in [0.3, 0.4) is 0 Å². The van der Waals surface area contributed by atoms with Gasteiger partial charge in [-0.15, -0.1) is 11.8 Å². The molecule has 0 unspecified atom stereocenters. The molecule has 0 saturated heterocycles. The lowest BCUT2D eigenvalue weighted by Crippen LogP contribution is -1.79. The van der Waals surface area contributed by atoms with Gasteiger partial charge in [-0.2, -0.15) is 0 Å². The van der Waals surface area contributed by atoms with Gasteiger partial charge in [0.2, 0.25) is 0 Å². The van der Waals surface area contributed by atoms with Gasteiger partial charge in [0.15, 0.2) is 0 Å². The van der Waals surface area contributed by atoms with Crippen LogP contribution in [-0.2, 0) is 0 Å². The minimum atomic E-state index is 0.896. The molecule has 70 valence electrons. The molecule has 0 aromatic rings. The highest BCUT2D eigenvalue weighted by Crippen LogP contribution is 2.19. The summed E-state index contributed by atoms with van der Waals surface area (Å²) in [6, 6.07) is 0. The molecule has 0 fully saturated rings. The first-order chi connectivity index (χ1) is 6.29. The van der Waals surface area contributed by atoms with Crippen LogP contribution in [0.2, 0.25) is 0 Å². The lowest BCUT2D eigenvalue weighted by molar-refractivity contribution is 1.41. The highest BCUT2D eigenvalue weighted by atomic mass is 32.2. The third-order valence-corrected chi connectivity index (χ3v) is 2.10. The Bertz CT molecular complexity index is 259. The summed E-state index contributed by atoms with van der Waals surface area (Å²) in [5.74, 6) is 0. The van der Waals surface area contributed by atoms with Gasteiger partial charge in [-0.3, -0.25) is 4.99 Å². The smallest absolute Gasteiger partial charge is 0.0755 e. The first-order valence-corrected chi connectivity index (χ1v) is 5.21. The van der Waals surface area contributed by atoms with E-state index in [1.165, 1.54) is 0 Å². The van der Waals surface area contributed by atoms with Crippen molar-refractivity contribution in [3.05, 3.63) is 48.1 Å². The molecule has 0 aromatic carbocycles. The Morgan fingerprint density at radius 1 is 1.38 bits per heavy atom. The zero-order chi connectivity index (χ0) is 10.1. The van der Waals surface area contributed by atoms with Crippen LogP contribution in [0.5, 0.6) is 0 Å². The summed E-state index contributed by atoms with van der Waals surface area (Å²) in [6.45, 7) is 9.21. The largest absolute Gasteiger partial charge is 0.260 e. The van der Waals surface area contributed by atoms with E-state index < -0.39 is 0 Å². The maximum Gasteiger partial charge on any atom is 0.0755 e. The fourth-order valence-electron chi connectivity index (χ4n) is 0.769. The molecule has 0 atom stereocenters. The van der Waals surface area contributed by atoms with Gasteiger partial charge in [0.1, 0.15) is 0 Å². The average Bonchev–Trinajstić information content (AvgIpc) is 2.17. The Balaban J connectivity index is 4.91. The second kappa shape index (κ2) is 7.62. The third kappa shape index (κ3) is 4.53. The molecule has 0 rings (SSSR count). The van der Waals surface area contributed by atoms with Crippen molar-refractivity contribution >= 4 is 18.0 Å². The molecule has 0 radical (unpaired) electrons. The van der Waals surface area contributed by atoms with E-state index in [4.69, 9.17) is 0 Å². The number of allylic oxidation sites excluding steroid dienone is 4. The Morgan fingerprint density at radius 2 is 2.08 bits per heavy atom. The lowest BCUT2D eigenvalue weighted by Gasteiger charge is -1.99. The molecule has 1 nitrogen and oxygen atoms in total. The molecule has 0 bridgehead atoms. The Morgan fingerprint density at radius 3 is 2.46 bits per heavy atom. The maximum atomic E-state index is 4.20. The van der Waals surface area contributed by atoms with Crippen LogP contribution in [0.4, 0.5) is 0 Å². The van der Waals surface area contributed by atoms with Crippen LogP contribution >= 0.6 is 11.8 Å². The molecular formula is C11H15NS. The van der Waals surface area contributed by atoms with Gasteiger partial charge < -0.3 is 0 Å². The van der Waals surface area contributed by atoms with Crippen molar-refractivity contribution in [3.8, 4) is 0 Å². The summed E-state index contributed by atoms with van der Waals surface area (Å²) in [5, 5.41) is 0. The monoisotopic (exact) mass is 193 g/mol. The van der Waals surface area contributed by atoms with E-state index in [1.807, 2.05) is 25.3 Å². The van der Waals surface area contributed by atoms with Crippen LogP contribution in [-0.4, -0.2) is 12.5 Å². The van der Waals surface area contributed by atoms with Gasteiger partial charge >= 0.3 is 0 Å². The van der Waals surface area contributed by atoms with E-state index in [2.05, 4.69) is 18.2 Å². The SMILES string of the molecule is C=C\C=C/C(SC)=C(C=C)/N=C\C. The third-order valence-electron chi connectivity index (χ3n) is 1.32. The van der Waals surface area contributed by atoms with Crippen LogP contribution in [0.25, 0.3) is 0 Å². The minimum absolute atomic E-state index is 0.896. The number of rotatable bonds is 5. The molecule has 0 aliphatic heterocycles. The summed E-state index contributed by atoms with van der Waals surface area (Å²) in [6.07, 6.45) is 11.1. The highest BCUT2D eigenvalue weighted by molar-refractivity contribution is 8.02. The van der Waals surface area contributed by atoms with Crippen molar-refractivity contribution in [2.24, 2.45) is 4.99 Å². The fraction of sp³-hybridized carbons (Fsp3) is 0.182. The predicted molar refractivity (Wildman–Crippen MR) is 64.2 cm³/mol. The number of aliphatic imine (C=N–C) groups is 1. The second-order valence-electron chi connectivity index (χ2n) is 2.14. The average molecular weight is 193 g/mol. The predicted octanol–water partition coefficient (Wildman–Crippen LogP) is 3.58. The first kappa shape index (κ1) is 12.0. The van der Waals surface area contributed by atoms with E-state index in [0.717, 1.165) is 10.6 Å². The normalized spacial score (nSPS) is 13.4. The number of nitrogens with zero attached hydrogens (tertiary/aromatic N) is 1. The van der Waals surface area contributed by atoms with Gasteiger partial charge in [0.25, 0.3) is 0 Å². The molecule has 0 aliphatic carbocycles. The standard InChI is InChI=1S/C11H15NS/c1-5-8-9-11(13-4)10(6-2)12-7-3/h5-9H,1-2H2,3-4H3/b9-8-,11-10-,12-7-. The molecule has 2 heteroatoms. The van der Waals surface area contributed by atoms with Crippen molar-refractivity contribution in [2.45, 2.75) is 6.92 Å². The van der Waals surface area contributed by atoms with Crippen LogP contribution in [0.15, 0.2) is 53.1 Å². The highest BCUT2D eigenvalue weighted by Gasteiger charge is 1.95. The summed E-state index contributed by atoms with van der Waals surface area (Å²) in [4.78, 5) is 5.29. The number of hydrogen-bond acceptors (Lipinski definition) is 2. The van der Waals surface area contributed by atoms with Crippen molar-refractivity contribution < 1.29 is 0 Å². The van der Waals surface area contributed by atoms with Crippen LogP contribution < -0.4 is 0 Å². The summed E-state index contributed by atoms with van der Waals surface area (Å²) >= 11 is 1.64. The molecule has 0 amide bonds. The van der Waals surface area contributed by atoms with Crippen molar-refractivity contribution in [1.82, 2.24) is 0 Å². The second-order valence-corrected chi connectivity index (χ2v) is 2.99. The van der Waals surface area contributed by atoms with E-state index >= 15 is 0 Å². The molecule has 0 heterocycles. The van der Waals surface area contributed by atoms with Gasteiger partial charge in [0, 0.05) is 11.1 Å². The maximum absolute atomic E-state index is 4.20. The fourth-order valence-corrected chi connectivity index (χ4v) is 1.33. The quantitative estimate of drug-likeness (QED) is 0.480. The summed E-state index contributed by atoms with van der Waals surface area (Å²) < 4.78 is 0. The molecule has 0 aliphatic rings. The first-order valence-electron chi connectivity index (χ1n) is 3.98. The van der Waals surface area contributed by atoms with E-state index in [9.17, 15) is 0 Å². The number of hydrogen-bond donors (Lipinski definition) is 0. The lowest BCUT2D eigenvalue weighted by atomic mass is 10.3. The summed E-state index contributed by atoms with van der Waals surface area (Å²) in [5.41, 5.74) is 0.896. The Kier molecular flexibility index (Phi) is 7.02. The molecule has 0 N–H and O–H groups in total. The van der Waals surface area contributed by atoms with Crippen molar-refractivity contribution in [1.29, 1.82) is 0 Å². The number of thioether (sulfide) groups is 1. The topological polar surface area (TPSA) is 12.4 Å². The van der Waals surface area contributed by atoms with E-state index in [-0.39, 0.29) is 0 Å². The molecule has 13 heavy (non-hydrogen) atoms. The molecule has 0 saturated carbocycles. The minimum Gasteiger partial charge on any atom is -0.260 e.